The Labute approximate surface area is 208 Å². The van der Waals surface area contributed by atoms with Crippen molar-refractivity contribution in [3.05, 3.63) is 65.2 Å². The number of ether oxygens (including phenoxy) is 1. The quantitative estimate of drug-likeness (QED) is 0.476. The first-order chi connectivity index (χ1) is 17.4. The molecule has 0 bridgehead atoms. The fraction of sp³-hybridized carbons (Fsp3) is 0.296. The van der Waals surface area contributed by atoms with Crippen molar-refractivity contribution in [2.75, 3.05) is 13.1 Å². The summed E-state index contributed by atoms with van der Waals surface area (Å²) in [5.74, 6) is -1.60. The van der Waals surface area contributed by atoms with Crippen LogP contribution in [0.4, 0.5) is 5.69 Å². The Morgan fingerprint density at radius 2 is 1.86 bits per heavy atom. The summed E-state index contributed by atoms with van der Waals surface area (Å²) in [5.41, 5.74) is 3.34. The number of benzene rings is 2. The zero-order valence-electron chi connectivity index (χ0n) is 19.7. The highest BCUT2D eigenvalue weighted by Gasteiger charge is 2.44. The summed E-state index contributed by atoms with van der Waals surface area (Å²) in [7, 11) is 0. The number of amides is 4. The Bertz CT molecular complexity index is 1300. The molecular weight excluding hydrogens is 460 g/mol. The summed E-state index contributed by atoms with van der Waals surface area (Å²) in [4.78, 5) is 56.9. The molecule has 2 aromatic rings. The van der Waals surface area contributed by atoms with E-state index in [1.807, 2.05) is 12.1 Å². The molecule has 1 unspecified atom stereocenters. The third kappa shape index (κ3) is 4.33. The van der Waals surface area contributed by atoms with Gasteiger partial charge >= 0.3 is 0 Å². The maximum absolute atomic E-state index is 13.0. The van der Waals surface area contributed by atoms with Gasteiger partial charge in [0.25, 0.3) is 11.8 Å². The van der Waals surface area contributed by atoms with Gasteiger partial charge in [-0.1, -0.05) is 18.7 Å². The second kappa shape index (κ2) is 9.50. The van der Waals surface area contributed by atoms with E-state index in [1.54, 1.807) is 24.3 Å². The van der Waals surface area contributed by atoms with E-state index >= 15 is 0 Å². The van der Waals surface area contributed by atoms with Gasteiger partial charge in [0.15, 0.2) is 0 Å². The van der Waals surface area contributed by atoms with Crippen LogP contribution in [0.15, 0.2) is 48.0 Å². The fourth-order valence-electron chi connectivity index (χ4n) is 5.02. The van der Waals surface area contributed by atoms with E-state index in [0.29, 0.717) is 5.75 Å². The van der Waals surface area contributed by atoms with Gasteiger partial charge in [0.05, 0.1) is 16.8 Å². The number of aliphatic imine (C=N–C) groups is 1. The molecule has 2 fully saturated rings. The first-order valence-corrected chi connectivity index (χ1v) is 11.8. The van der Waals surface area contributed by atoms with Gasteiger partial charge < -0.3 is 4.74 Å². The average Bonchev–Trinajstić information content (AvgIpc) is 3.40. The number of likely N-dealkylation sites (tertiary alicyclic amines) is 1. The lowest BCUT2D eigenvalue weighted by Crippen LogP contribution is -2.54. The van der Waals surface area contributed by atoms with E-state index in [-0.39, 0.29) is 30.1 Å². The summed E-state index contributed by atoms with van der Waals surface area (Å²) in [6, 6.07) is 9.85. The number of carbonyl (C=O) groups excluding carboxylic acids is 4. The maximum Gasteiger partial charge on any atom is 0.262 e. The van der Waals surface area contributed by atoms with Gasteiger partial charge in [-0.05, 0) is 61.0 Å². The highest BCUT2D eigenvalue weighted by atomic mass is 16.5. The second-order valence-electron chi connectivity index (χ2n) is 9.17. The molecule has 0 spiro atoms. The molecule has 2 aromatic carbocycles. The van der Waals surface area contributed by atoms with Gasteiger partial charge in [-0.3, -0.25) is 39.3 Å². The molecule has 0 radical (unpaired) electrons. The van der Waals surface area contributed by atoms with Crippen LogP contribution in [-0.2, 0) is 16.1 Å². The topological polar surface area (TPSA) is 108 Å². The van der Waals surface area contributed by atoms with Crippen molar-refractivity contribution in [3.8, 4) is 5.75 Å². The van der Waals surface area contributed by atoms with Crippen molar-refractivity contribution in [2.24, 2.45) is 4.99 Å². The molecule has 36 heavy (non-hydrogen) atoms. The largest absolute Gasteiger partial charge is 0.489 e. The van der Waals surface area contributed by atoms with Crippen molar-refractivity contribution < 1.29 is 23.9 Å². The summed E-state index contributed by atoms with van der Waals surface area (Å²) in [6.45, 7) is 9.77. The minimum Gasteiger partial charge on any atom is -0.489 e. The zero-order chi connectivity index (χ0) is 25.4. The SMILES string of the molecule is C=Cc1cc(CN2CC[C@@H](Oc3ccc4c(c3)C(=O)N(C3CCC(=O)NC3=O)C4=O)C2)ccc1N=C. The number of nitrogens with zero attached hydrogens (tertiary/aromatic N) is 3. The predicted molar refractivity (Wildman–Crippen MR) is 133 cm³/mol. The Hall–Kier alpha value is -4.11. The Morgan fingerprint density at radius 1 is 1.06 bits per heavy atom. The molecule has 3 aliphatic rings. The van der Waals surface area contributed by atoms with Crippen molar-refractivity contribution in [3.63, 3.8) is 0 Å². The van der Waals surface area contributed by atoms with Crippen LogP contribution >= 0.6 is 0 Å². The molecule has 184 valence electrons. The molecule has 2 saturated heterocycles. The van der Waals surface area contributed by atoms with E-state index in [1.165, 1.54) is 0 Å². The average molecular weight is 487 g/mol. The van der Waals surface area contributed by atoms with Gasteiger partial charge in [0.2, 0.25) is 11.8 Å². The van der Waals surface area contributed by atoms with Crippen LogP contribution in [0.2, 0.25) is 0 Å². The zero-order valence-corrected chi connectivity index (χ0v) is 19.7. The number of fused-ring (bicyclic) bond motifs is 1. The molecule has 0 saturated carbocycles. The van der Waals surface area contributed by atoms with E-state index < -0.39 is 29.7 Å². The first-order valence-electron chi connectivity index (χ1n) is 11.8. The van der Waals surface area contributed by atoms with E-state index in [9.17, 15) is 19.2 Å². The van der Waals surface area contributed by atoms with Crippen LogP contribution < -0.4 is 10.1 Å². The second-order valence-corrected chi connectivity index (χ2v) is 9.17. The molecule has 3 heterocycles. The first kappa shape index (κ1) is 23.6. The fourth-order valence-corrected chi connectivity index (χ4v) is 5.02. The number of piperidine rings is 1. The van der Waals surface area contributed by atoms with Gasteiger partial charge in [0, 0.05) is 26.1 Å². The summed E-state index contributed by atoms with van der Waals surface area (Å²) >= 11 is 0. The van der Waals surface area contributed by atoms with Crippen LogP contribution in [0.3, 0.4) is 0 Å². The summed E-state index contributed by atoms with van der Waals surface area (Å²) in [6.07, 6.45) is 2.74. The highest BCUT2D eigenvalue weighted by Crippen LogP contribution is 2.31. The Morgan fingerprint density at radius 3 is 2.61 bits per heavy atom. The summed E-state index contributed by atoms with van der Waals surface area (Å²) < 4.78 is 6.16. The lowest BCUT2D eigenvalue weighted by molar-refractivity contribution is -0.136. The Kier molecular flexibility index (Phi) is 6.24. The number of imide groups is 2. The normalized spacial score (nSPS) is 21.9. The van der Waals surface area contributed by atoms with Crippen molar-refractivity contribution >= 4 is 42.1 Å². The van der Waals surface area contributed by atoms with Gasteiger partial charge in [-0.25, -0.2) is 0 Å². The molecule has 1 N–H and O–H groups in total. The molecule has 2 atom stereocenters. The third-order valence-corrected chi connectivity index (χ3v) is 6.83. The van der Waals surface area contributed by atoms with Crippen molar-refractivity contribution in [1.29, 1.82) is 0 Å². The predicted octanol–water partition coefficient (Wildman–Crippen LogP) is 2.72. The number of nitrogens with one attached hydrogen (secondary N) is 1. The van der Waals surface area contributed by atoms with Crippen LogP contribution in [0, 0.1) is 0 Å². The van der Waals surface area contributed by atoms with Gasteiger partial charge in [0.1, 0.15) is 17.9 Å². The van der Waals surface area contributed by atoms with Crippen LogP contribution in [-0.4, -0.2) is 65.4 Å². The van der Waals surface area contributed by atoms with E-state index in [2.05, 4.69) is 34.6 Å². The lowest BCUT2D eigenvalue weighted by Gasteiger charge is -2.27. The number of hydrogen-bond donors (Lipinski definition) is 1. The van der Waals surface area contributed by atoms with Gasteiger partial charge in [-0.2, -0.15) is 0 Å². The molecule has 5 rings (SSSR count). The highest BCUT2D eigenvalue weighted by molar-refractivity contribution is 6.23. The van der Waals surface area contributed by atoms with Crippen LogP contribution in [0.1, 0.15) is 51.1 Å². The lowest BCUT2D eigenvalue weighted by atomic mass is 10.0. The molecule has 3 aliphatic heterocycles. The standard InChI is InChI=1S/C27H26N4O5/c1-3-17-12-16(4-7-22(17)28-2)14-30-11-10-19(15-30)36-18-5-6-20-21(13-18)27(35)31(26(20)34)23-8-9-24(32)29-25(23)33/h3-7,12-13,19,23H,1-2,8-11,14-15H2,(H,29,32,33)/t19-,23?/m1/s1. The van der Waals surface area contributed by atoms with Gasteiger partial charge in [-0.15, -0.1) is 0 Å². The number of hydrogen-bond acceptors (Lipinski definition) is 7. The van der Waals surface area contributed by atoms with E-state index in [0.717, 1.165) is 47.8 Å². The van der Waals surface area contributed by atoms with Crippen molar-refractivity contribution in [1.82, 2.24) is 15.1 Å². The van der Waals surface area contributed by atoms with Crippen LogP contribution in [0.25, 0.3) is 6.08 Å². The van der Waals surface area contributed by atoms with Crippen molar-refractivity contribution in [2.45, 2.75) is 38.0 Å². The minimum absolute atomic E-state index is 0.0607. The smallest absolute Gasteiger partial charge is 0.262 e. The third-order valence-electron chi connectivity index (χ3n) is 6.83. The summed E-state index contributed by atoms with van der Waals surface area (Å²) in [5, 5.41) is 2.20. The van der Waals surface area contributed by atoms with Crippen LogP contribution in [0.5, 0.6) is 5.75 Å². The Balaban J connectivity index is 1.24. The number of rotatable bonds is 7. The molecular formula is C27H26N4O5. The molecule has 0 aromatic heterocycles. The molecule has 4 amide bonds. The molecule has 9 heteroatoms. The molecule has 9 nitrogen and oxygen atoms in total. The minimum atomic E-state index is -0.985. The van der Waals surface area contributed by atoms with E-state index in [4.69, 9.17) is 4.74 Å². The number of carbonyl (C=O) groups is 4. The molecule has 0 aliphatic carbocycles. The monoisotopic (exact) mass is 486 g/mol. The maximum atomic E-state index is 13.0.